The van der Waals surface area contributed by atoms with Crippen LogP contribution in [0.15, 0.2) is 24.3 Å². The highest BCUT2D eigenvalue weighted by atomic mass is 16.5. The predicted molar refractivity (Wildman–Crippen MR) is 65.0 cm³/mol. The number of nitrogens with one attached hydrogen (secondary N) is 1. The van der Waals surface area contributed by atoms with E-state index in [9.17, 15) is 9.59 Å². The molecule has 1 amide bonds. The molecule has 0 aliphatic rings. The second-order valence-corrected chi connectivity index (χ2v) is 3.83. The molecular weight excluding hydrogens is 218 g/mol. The van der Waals surface area contributed by atoms with Crippen LogP contribution < -0.4 is 10.1 Å². The Morgan fingerprint density at radius 1 is 1.24 bits per heavy atom. The van der Waals surface area contributed by atoms with Crippen molar-refractivity contribution in [3.8, 4) is 5.75 Å². The summed E-state index contributed by atoms with van der Waals surface area (Å²) in [7, 11) is 1.60. The summed E-state index contributed by atoms with van der Waals surface area (Å²) in [5.41, 5.74) is 0.922. The number of Topliss-reactive ketones (excluding diaryl/α,β-unsaturated/α-hetero) is 1. The minimum absolute atomic E-state index is 0.0728. The Morgan fingerprint density at radius 2 is 1.88 bits per heavy atom. The Morgan fingerprint density at radius 3 is 2.41 bits per heavy atom. The third kappa shape index (κ3) is 5.15. The van der Waals surface area contributed by atoms with Gasteiger partial charge in [-0.25, -0.2) is 0 Å². The molecule has 0 aromatic heterocycles. The van der Waals surface area contributed by atoms with E-state index in [-0.39, 0.29) is 11.7 Å². The van der Waals surface area contributed by atoms with Gasteiger partial charge in [-0.2, -0.15) is 0 Å². The van der Waals surface area contributed by atoms with Gasteiger partial charge in [0, 0.05) is 13.0 Å². The van der Waals surface area contributed by atoms with Crippen LogP contribution >= 0.6 is 0 Å². The lowest BCUT2D eigenvalue weighted by atomic mass is 10.1. The zero-order valence-electron chi connectivity index (χ0n) is 10.2. The molecule has 0 saturated carbocycles. The lowest BCUT2D eigenvalue weighted by Gasteiger charge is -2.05. The van der Waals surface area contributed by atoms with E-state index in [1.165, 1.54) is 6.92 Å². The molecule has 0 spiro atoms. The van der Waals surface area contributed by atoms with Gasteiger partial charge in [-0.05, 0) is 24.6 Å². The standard InChI is InChI=1S/C13H17NO3/c1-10(15)7-8-14-13(16)9-11-3-5-12(17-2)6-4-11/h3-6H,7-9H2,1-2H3,(H,14,16). The zero-order chi connectivity index (χ0) is 12.7. The van der Waals surface area contributed by atoms with Gasteiger partial charge in [0.1, 0.15) is 11.5 Å². The molecule has 0 unspecified atom stereocenters. The largest absolute Gasteiger partial charge is 0.497 e. The molecule has 0 atom stereocenters. The fraction of sp³-hybridized carbons (Fsp3) is 0.385. The molecule has 1 aromatic rings. The SMILES string of the molecule is COc1ccc(CC(=O)NCCC(C)=O)cc1. The van der Waals surface area contributed by atoms with E-state index in [4.69, 9.17) is 4.74 Å². The van der Waals surface area contributed by atoms with Gasteiger partial charge < -0.3 is 10.1 Å². The minimum Gasteiger partial charge on any atom is -0.497 e. The molecule has 1 aromatic carbocycles. The van der Waals surface area contributed by atoms with Gasteiger partial charge >= 0.3 is 0 Å². The van der Waals surface area contributed by atoms with Crippen LogP contribution in [-0.2, 0) is 16.0 Å². The second-order valence-electron chi connectivity index (χ2n) is 3.83. The maximum atomic E-state index is 11.5. The molecule has 1 rings (SSSR count). The number of benzene rings is 1. The molecule has 1 N–H and O–H groups in total. The summed E-state index contributed by atoms with van der Waals surface area (Å²) in [6, 6.07) is 7.34. The summed E-state index contributed by atoms with van der Waals surface area (Å²) in [6.45, 7) is 1.92. The average Bonchev–Trinajstić information content (AvgIpc) is 2.29. The van der Waals surface area contributed by atoms with Gasteiger partial charge in [0.25, 0.3) is 0 Å². The second kappa shape index (κ2) is 6.68. The number of rotatable bonds is 6. The van der Waals surface area contributed by atoms with Gasteiger partial charge in [-0.1, -0.05) is 12.1 Å². The molecule has 0 radical (unpaired) electrons. The fourth-order valence-corrected chi connectivity index (χ4v) is 1.37. The topological polar surface area (TPSA) is 55.4 Å². The summed E-state index contributed by atoms with van der Waals surface area (Å²) in [5.74, 6) is 0.775. The fourth-order valence-electron chi connectivity index (χ4n) is 1.37. The van der Waals surface area contributed by atoms with Gasteiger partial charge in [-0.15, -0.1) is 0 Å². The lowest BCUT2D eigenvalue weighted by Crippen LogP contribution is -2.27. The Hall–Kier alpha value is -1.84. The van der Waals surface area contributed by atoms with E-state index >= 15 is 0 Å². The number of carbonyl (C=O) groups excluding carboxylic acids is 2. The van der Waals surface area contributed by atoms with Crippen molar-refractivity contribution < 1.29 is 14.3 Å². The van der Waals surface area contributed by atoms with E-state index in [2.05, 4.69) is 5.32 Å². The monoisotopic (exact) mass is 235 g/mol. The van der Waals surface area contributed by atoms with E-state index in [1.54, 1.807) is 7.11 Å². The molecule has 0 aliphatic carbocycles. The summed E-state index contributed by atoms with van der Waals surface area (Å²) in [4.78, 5) is 22.2. The number of hydrogen-bond donors (Lipinski definition) is 1. The van der Waals surface area contributed by atoms with E-state index < -0.39 is 0 Å². The third-order valence-electron chi connectivity index (χ3n) is 2.32. The molecule has 0 saturated heterocycles. The first kappa shape index (κ1) is 13.2. The van der Waals surface area contributed by atoms with Gasteiger partial charge in [0.15, 0.2) is 0 Å². The number of methoxy groups -OCH3 is 1. The number of amides is 1. The van der Waals surface area contributed by atoms with Crippen molar-refractivity contribution >= 4 is 11.7 Å². The molecule has 4 nitrogen and oxygen atoms in total. The van der Waals surface area contributed by atoms with Gasteiger partial charge in [0.05, 0.1) is 13.5 Å². The van der Waals surface area contributed by atoms with Crippen LogP contribution in [0, 0.1) is 0 Å². The van der Waals surface area contributed by atoms with Crippen LogP contribution in [0.1, 0.15) is 18.9 Å². The molecule has 0 aliphatic heterocycles. The first-order chi connectivity index (χ1) is 8.11. The van der Waals surface area contributed by atoms with Crippen molar-refractivity contribution in [1.29, 1.82) is 0 Å². The number of carbonyl (C=O) groups is 2. The van der Waals surface area contributed by atoms with Gasteiger partial charge in [-0.3, -0.25) is 9.59 Å². The highest BCUT2D eigenvalue weighted by Gasteiger charge is 2.03. The van der Waals surface area contributed by atoms with Crippen molar-refractivity contribution in [1.82, 2.24) is 5.32 Å². The van der Waals surface area contributed by atoms with Gasteiger partial charge in [0.2, 0.25) is 5.91 Å². The minimum atomic E-state index is -0.0728. The summed E-state index contributed by atoms with van der Waals surface area (Å²) >= 11 is 0. The molecule has 4 heteroatoms. The first-order valence-electron chi connectivity index (χ1n) is 5.51. The Balaban J connectivity index is 2.37. The van der Waals surface area contributed by atoms with Crippen LogP contribution in [0.5, 0.6) is 5.75 Å². The van der Waals surface area contributed by atoms with E-state index in [0.717, 1.165) is 11.3 Å². The normalized spacial score (nSPS) is 9.76. The maximum absolute atomic E-state index is 11.5. The lowest BCUT2D eigenvalue weighted by molar-refractivity contribution is -0.120. The highest BCUT2D eigenvalue weighted by Crippen LogP contribution is 2.11. The molecule has 17 heavy (non-hydrogen) atoms. The average molecular weight is 235 g/mol. The van der Waals surface area contributed by atoms with Crippen LogP contribution in [-0.4, -0.2) is 25.3 Å². The Bertz CT molecular complexity index is 384. The van der Waals surface area contributed by atoms with E-state index in [0.29, 0.717) is 19.4 Å². The molecule has 0 fully saturated rings. The highest BCUT2D eigenvalue weighted by molar-refractivity contribution is 5.80. The zero-order valence-corrected chi connectivity index (χ0v) is 10.2. The summed E-state index contributed by atoms with van der Waals surface area (Å²) in [5, 5.41) is 2.70. The van der Waals surface area contributed by atoms with Crippen molar-refractivity contribution in [2.75, 3.05) is 13.7 Å². The number of ketones is 1. The number of hydrogen-bond acceptors (Lipinski definition) is 3. The molecule has 0 heterocycles. The third-order valence-corrected chi connectivity index (χ3v) is 2.32. The van der Waals surface area contributed by atoms with Crippen LogP contribution in [0.4, 0.5) is 0 Å². The summed E-state index contributed by atoms with van der Waals surface area (Å²) in [6.07, 6.45) is 0.705. The Kier molecular flexibility index (Phi) is 5.20. The molecule has 0 bridgehead atoms. The smallest absolute Gasteiger partial charge is 0.224 e. The van der Waals surface area contributed by atoms with Crippen molar-refractivity contribution in [2.45, 2.75) is 19.8 Å². The maximum Gasteiger partial charge on any atom is 0.224 e. The van der Waals surface area contributed by atoms with E-state index in [1.807, 2.05) is 24.3 Å². The quantitative estimate of drug-likeness (QED) is 0.809. The molecular formula is C13H17NO3. The van der Waals surface area contributed by atoms with Crippen LogP contribution in [0.25, 0.3) is 0 Å². The van der Waals surface area contributed by atoms with Crippen molar-refractivity contribution in [2.24, 2.45) is 0 Å². The van der Waals surface area contributed by atoms with Crippen LogP contribution in [0.3, 0.4) is 0 Å². The van der Waals surface area contributed by atoms with Crippen molar-refractivity contribution in [3.05, 3.63) is 29.8 Å². The van der Waals surface area contributed by atoms with Crippen LogP contribution in [0.2, 0.25) is 0 Å². The predicted octanol–water partition coefficient (Wildman–Crippen LogP) is 1.33. The first-order valence-corrected chi connectivity index (χ1v) is 5.51. The van der Waals surface area contributed by atoms with Crippen molar-refractivity contribution in [3.63, 3.8) is 0 Å². The Labute approximate surface area is 101 Å². The summed E-state index contributed by atoms with van der Waals surface area (Å²) < 4.78 is 5.03. The molecule has 92 valence electrons. The number of ether oxygens (including phenoxy) is 1.